The standard InChI is InChI=1S/C14H28N2/c1-14(2)9-6-10-16(14)11-12-7-4-5-8-13(12)15-3/h12-13,15H,4-11H2,1-3H3. The lowest BCUT2D eigenvalue weighted by atomic mass is 9.83. The Morgan fingerprint density at radius 3 is 2.56 bits per heavy atom. The van der Waals surface area contributed by atoms with Gasteiger partial charge in [0.2, 0.25) is 0 Å². The summed E-state index contributed by atoms with van der Waals surface area (Å²) >= 11 is 0. The van der Waals surface area contributed by atoms with Crippen LogP contribution in [0.4, 0.5) is 0 Å². The molecule has 1 N–H and O–H groups in total. The number of nitrogens with one attached hydrogen (secondary N) is 1. The molecule has 2 heteroatoms. The highest BCUT2D eigenvalue weighted by Gasteiger charge is 2.35. The summed E-state index contributed by atoms with van der Waals surface area (Å²) < 4.78 is 0. The van der Waals surface area contributed by atoms with Crippen LogP contribution in [0.5, 0.6) is 0 Å². The molecule has 0 bridgehead atoms. The molecule has 1 heterocycles. The third-order valence-electron chi connectivity index (χ3n) is 4.81. The molecule has 0 aromatic heterocycles. The van der Waals surface area contributed by atoms with Crippen LogP contribution < -0.4 is 5.32 Å². The van der Waals surface area contributed by atoms with Crippen LogP contribution in [0.25, 0.3) is 0 Å². The van der Waals surface area contributed by atoms with E-state index in [1.165, 1.54) is 51.6 Å². The largest absolute Gasteiger partial charge is 0.317 e. The molecule has 0 spiro atoms. The van der Waals surface area contributed by atoms with Crippen molar-refractivity contribution in [1.82, 2.24) is 10.2 Å². The first-order valence-corrected chi connectivity index (χ1v) is 7.06. The van der Waals surface area contributed by atoms with E-state index in [1.54, 1.807) is 0 Å². The van der Waals surface area contributed by atoms with Crippen LogP contribution in [0.2, 0.25) is 0 Å². The lowest BCUT2D eigenvalue weighted by Crippen LogP contribution is -2.47. The van der Waals surface area contributed by atoms with Crippen molar-refractivity contribution in [1.29, 1.82) is 0 Å². The Hall–Kier alpha value is -0.0800. The maximum atomic E-state index is 3.53. The summed E-state index contributed by atoms with van der Waals surface area (Å²) in [5.74, 6) is 0.885. The average Bonchev–Trinajstić information content (AvgIpc) is 2.59. The fourth-order valence-electron chi connectivity index (χ4n) is 3.59. The summed E-state index contributed by atoms with van der Waals surface area (Å²) in [7, 11) is 2.14. The zero-order chi connectivity index (χ0) is 11.6. The zero-order valence-electron chi connectivity index (χ0n) is 11.3. The Morgan fingerprint density at radius 2 is 1.94 bits per heavy atom. The molecule has 94 valence electrons. The van der Waals surface area contributed by atoms with Crippen LogP contribution in [0, 0.1) is 5.92 Å². The molecule has 2 unspecified atom stereocenters. The van der Waals surface area contributed by atoms with Gasteiger partial charge in [0.25, 0.3) is 0 Å². The van der Waals surface area contributed by atoms with Crippen LogP contribution in [-0.4, -0.2) is 36.6 Å². The molecule has 0 radical (unpaired) electrons. The van der Waals surface area contributed by atoms with Gasteiger partial charge in [-0.05, 0) is 59.0 Å². The van der Waals surface area contributed by atoms with Gasteiger partial charge in [0.05, 0.1) is 0 Å². The molecule has 1 aliphatic heterocycles. The van der Waals surface area contributed by atoms with Gasteiger partial charge in [-0.25, -0.2) is 0 Å². The molecule has 2 aliphatic rings. The molecule has 0 amide bonds. The molecule has 2 atom stereocenters. The Balaban J connectivity index is 1.92. The molecule has 16 heavy (non-hydrogen) atoms. The normalized spacial score (nSPS) is 35.4. The Labute approximate surface area is 101 Å². The third-order valence-corrected chi connectivity index (χ3v) is 4.81. The van der Waals surface area contributed by atoms with E-state index in [1.807, 2.05) is 0 Å². The van der Waals surface area contributed by atoms with Crippen LogP contribution in [-0.2, 0) is 0 Å². The highest BCUT2D eigenvalue weighted by atomic mass is 15.2. The van der Waals surface area contributed by atoms with Crippen LogP contribution in [0.15, 0.2) is 0 Å². The predicted octanol–water partition coefficient (Wildman–Crippen LogP) is 2.64. The minimum absolute atomic E-state index is 0.454. The van der Waals surface area contributed by atoms with E-state index in [2.05, 4.69) is 31.1 Å². The van der Waals surface area contributed by atoms with Gasteiger partial charge in [-0.3, -0.25) is 4.90 Å². The lowest BCUT2D eigenvalue weighted by Gasteiger charge is -2.39. The maximum Gasteiger partial charge on any atom is 0.0153 e. The van der Waals surface area contributed by atoms with Gasteiger partial charge in [-0.15, -0.1) is 0 Å². The molecule has 2 fully saturated rings. The average molecular weight is 224 g/mol. The van der Waals surface area contributed by atoms with Gasteiger partial charge in [-0.2, -0.15) is 0 Å². The highest BCUT2D eigenvalue weighted by Crippen LogP contribution is 2.32. The van der Waals surface area contributed by atoms with Crippen molar-refractivity contribution in [3.8, 4) is 0 Å². The fraction of sp³-hybridized carbons (Fsp3) is 1.00. The predicted molar refractivity (Wildman–Crippen MR) is 69.7 cm³/mol. The molecule has 0 aromatic carbocycles. The van der Waals surface area contributed by atoms with Crippen molar-refractivity contribution in [2.24, 2.45) is 5.92 Å². The van der Waals surface area contributed by atoms with Crippen molar-refractivity contribution in [3.05, 3.63) is 0 Å². The van der Waals surface area contributed by atoms with Crippen molar-refractivity contribution < 1.29 is 0 Å². The maximum absolute atomic E-state index is 3.53. The Kier molecular flexibility index (Phi) is 3.91. The monoisotopic (exact) mass is 224 g/mol. The molecule has 1 aliphatic carbocycles. The molecular formula is C14H28N2. The van der Waals surface area contributed by atoms with Crippen LogP contribution >= 0.6 is 0 Å². The van der Waals surface area contributed by atoms with E-state index in [0.717, 1.165) is 12.0 Å². The van der Waals surface area contributed by atoms with Crippen LogP contribution in [0.3, 0.4) is 0 Å². The van der Waals surface area contributed by atoms with Gasteiger partial charge in [-0.1, -0.05) is 12.8 Å². The zero-order valence-corrected chi connectivity index (χ0v) is 11.3. The molecule has 2 nitrogen and oxygen atoms in total. The first-order chi connectivity index (χ1) is 7.63. The lowest BCUT2D eigenvalue weighted by molar-refractivity contribution is 0.117. The van der Waals surface area contributed by atoms with E-state index in [-0.39, 0.29) is 0 Å². The van der Waals surface area contributed by atoms with Gasteiger partial charge >= 0.3 is 0 Å². The number of nitrogens with zero attached hydrogens (tertiary/aromatic N) is 1. The van der Waals surface area contributed by atoms with Crippen LogP contribution in [0.1, 0.15) is 52.4 Å². The summed E-state index contributed by atoms with van der Waals surface area (Å²) in [6, 6.07) is 0.769. The van der Waals surface area contributed by atoms with Gasteiger partial charge in [0.15, 0.2) is 0 Å². The van der Waals surface area contributed by atoms with E-state index in [0.29, 0.717) is 5.54 Å². The molecule has 1 saturated heterocycles. The summed E-state index contributed by atoms with van der Waals surface area (Å²) in [6.45, 7) is 7.47. The minimum atomic E-state index is 0.454. The van der Waals surface area contributed by atoms with Gasteiger partial charge in [0, 0.05) is 18.1 Å². The van der Waals surface area contributed by atoms with E-state index < -0.39 is 0 Å². The minimum Gasteiger partial charge on any atom is -0.317 e. The summed E-state index contributed by atoms with van der Waals surface area (Å²) in [6.07, 6.45) is 8.45. The summed E-state index contributed by atoms with van der Waals surface area (Å²) in [5, 5.41) is 3.53. The van der Waals surface area contributed by atoms with Crippen molar-refractivity contribution >= 4 is 0 Å². The first-order valence-electron chi connectivity index (χ1n) is 7.06. The SMILES string of the molecule is CNC1CCCCC1CN1CCCC1(C)C. The first kappa shape index (κ1) is 12.4. The third kappa shape index (κ3) is 2.60. The van der Waals surface area contributed by atoms with E-state index in [4.69, 9.17) is 0 Å². The van der Waals surface area contributed by atoms with Gasteiger partial charge < -0.3 is 5.32 Å². The second-order valence-corrected chi connectivity index (χ2v) is 6.30. The Morgan fingerprint density at radius 1 is 1.19 bits per heavy atom. The molecular weight excluding hydrogens is 196 g/mol. The number of hydrogen-bond donors (Lipinski definition) is 1. The summed E-state index contributed by atoms with van der Waals surface area (Å²) in [5.41, 5.74) is 0.454. The van der Waals surface area contributed by atoms with Crippen molar-refractivity contribution in [3.63, 3.8) is 0 Å². The Bertz CT molecular complexity index is 225. The highest BCUT2D eigenvalue weighted by molar-refractivity contribution is 4.91. The number of rotatable bonds is 3. The second-order valence-electron chi connectivity index (χ2n) is 6.30. The second kappa shape index (κ2) is 5.05. The molecule has 2 rings (SSSR count). The van der Waals surface area contributed by atoms with Gasteiger partial charge in [0.1, 0.15) is 0 Å². The van der Waals surface area contributed by atoms with Crippen molar-refractivity contribution in [2.45, 2.75) is 64.0 Å². The number of hydrogen-bond acceptors (Lipinski definition) is 2. The fourth-order valence-corrected chi connectivity index (χ4v) is 3.59. The number of likely N-dealkylation sites (tertiary alicyclic amines) is 1. The van der Waals surface area contributed by atoms with Crippen molar-refractivity contribution in [2.75, 3.05) is 20.1 Å². The molecule has 0 aromatic rings. The summed E-state index contributed by atoms with van der Waals surface area (Å²) in [4.78, 5) is 2.73. The van der Waals surface area contributed by atoms with E-state index in [9.17, 15) is 0 Å². The van der Waals surface area contributed by atoms with E-state index >= 15 is 0 Å². The quantitative estimate of drug-likeness (QED) is 0.793. The molecule has 1 saturated carbocycles. The topological polar surface area (TPSA) is 15.3 Å². The smallest absolute Gasteiger partial charge is 0.0153 e.